The van der Waals surface area contributed by atoms with Crippen LogP contribution in [0.3, 0.4) is 0 Å². The van der Waals surface area contributed by atoms with E-state index in [0.29, 0.717) is 13.2 Å². The molecule has 0 saturated carbocycles. The maximum atomic E-state index is 8.39. The van der Waals surface area contributed by atoms with Crippen molar-refractivity contribution in [1.82, 2.24) is 4.57 Å². The Kier molecular flexibility index (Phi) is 3.72. The Balaban J connectivity index is 2.04. The van der Waals surface area contributed by atoms with Crippen molar-refractivity contribution in [1.29, 1.82) is 0 Å². The van der Waals surface area contributed by atoms with Gasteiger partial charge in [0.15, 0.2) is 0 Å². The molecule has 0 saturated heterocycles. The molecule has 0 fully saturated rings. The fourth-order valence-electron chi connectivity index (χ4n) is 0.856. The predicted molar refractivity (Wildman–Crippen MR) is 42.3 cm³/mol. The number of aliphatic hydroxyl groups is 1. The van der Waals surface area contributed by atoms with E-state index >= 15 is 0 Å². The summed E-state index contributed by atoms with van der Waals surface area (Å²) in [6, 6.07) is 3.96. The molecule has 0 aliphatic heterocycles. The van der Waals surface area contributed by atoms with Crippen molar-refractivity contribution in [3.05, 3.63) is 24.5 Å². The van der Waals surface area contributed by atoms with Gasteiger partial charge < -0.3 is 14.4 Å². The van der Waals surface area contributed by atoms with Gasteiger partial charge in [0.25, 0.3) is 0 Å². The zero-order valence-electron chi connectivity index (χ0n) is 6.44. The molecule has 1 aromatic heterocycles. The molecule has 0 bridgehead atoms. The van der Waals surface area contributed by atoms with Crippen LogP contribution in [-0.4, -0.2) is 29.5 Å². The van der Waals surface area contributed by atoms with Crippen LogP contribution in [-0.2, 0) is 11.3 Å². The number of hydrogen-bond donors (Lipinski definition) is 1. The molecule has 0 radical (unpaired) electrons. The van der Waals surface area contributed by atoms with Gasteiger partial charge in [-0.25, -0.2) is 0 Å². The first-order valence-corrected chi connectivity index (χ1v) is 3.73. The molecule has 62 valence electrons. The van der Waals surface area contributed by atoms with Gasteiger partial charge in [-0.1, -0.05) is 0 Å². The van der Waals surface area contributed by atoms with Crippen molar-refractivity contribution in [2.75, 3.05) is 19.8 Å². The second-order valence-corrected chi connectivity index (χ2v) is 2.26. The van der Waals surface area contributed by atoms with Gasteiger partial charge in [-0.2, -0.15) is 0 Å². The van der Waals surface area contributed by atoms with E-state index in [1.54, 1.807) is 0 Å². The molecule has 1 aromatic rings. The Labute approximate surface area is 66.2 Å². The molecule has 0 aliphatic carbocycles. The lowest BCUT2D eigenvalue weighted by atomic mass is 10.6. The molecule has 11 heavy (non-hydrogen) atoms. The molecule has 0 aromatic carbocycles. The third-order valence-electron chi connectivity index (χ3n) is 1.40. The van der Waals surface area contributed by atoms with E-state index in [9.17, 15) is 0 Å². The van der Waals surface area contributed by atoms with Crippen molar-refractivity contribution in [2.24, 2.45) is 0 Å². The van der Waals surface area contributed by atoms with Crippen LogP contribution >= 0.6 is 0 Å². The van der Waals surface area contributed by atoms with Gasteiger partial charge in [-0.3, -0.25) is 0 Å². The monoisotopic (exact) mass is 155 g/mol. The highest BCUT2D eigenvalue weighted by molar-refractivity contribution is 4.89. The summed E-state index contributed by atoms with van der Waals surface area (Å²) in [5, 5.41) is 8.39. The zero-order valence-corrected chi connectivity index (χ0v) is 6.44. The van der Waals surface area contributed by atoms with Crippen molar-refractivity contribution >= 4 is 0 Å². The largest absolute Gasteiger partial charge is 0.394 e. The van der Waals surface area contributed by atoms with Crippen LogP contribution in [0.5, 0.6) is 0 Å². The van der Waals surface area contributed by atoms with Crippen molar-refractivity contribution in [2.45, 2.75) is 6.54 Å². The number of ether oxygens (including phenoxy) is 1. The van der Waals surface area contributed by atoms with Crippen LogP contribution in [0.15, 0.2) is 24.5 Å². The molecule has 1 N–H and O–H groups in total. The van der Waals surface area contributed by atoms with Gasteiger partial charge in [0.2, 0.25) is 0 Å². The predicted octanol–water partition coefficient (Wildman–Crippen LogP) is 0.497. The van der Waals surface area contributed by atoms with Gasteiger partial charge in [0.1, 0.15) is 0 Å². The van der Waals surface area contributed by atoms with Crippen LogP contribution in [0.1, 0.15) is 0 Å². The summed E-state index contributed by atoms with van der Waals surface area (Å²) < 4.78 is 7.12. The van der Waals surface area contributed by atoms with Crippen LogP contribution in [0.25, 0.3) is 0 Å². The van der Waals surface area contributed by atoms with Gasteiger partial charge >= 0.3 is 0 Å². The highest BCUT2D eigenvalue weighted by Gasteiger charge is 1.88. The van der Waals surface area contributed by atoms with Crippen molar-refractivity contribution in [3.8, 4) is 0 Å². The second-order valence-electron chi connectivity index (χ2n) is 2.26. The molecule has 0 unspecified atom stereocenters. The van der Waals surface area contributed by atoms with Crippen molar-refractivity contribution in [3.63, 3.8) is 0 Å². The topological polar surface area (TPSA) is 34.4 Å². The Morgan fingerprint density at radius 3 is 2.55 bits per heavy atom. The number of aromatic nitrogens is 1. The third-order valence-corrected chi connectivity index (χ3v) is 1.40. The van der Waals surface area contributed by atoms with Gasteiger partial charge in [-0.05, 0) is 12.1 Å². The molecule has 3 heteroatoms. The summed E-state index contributed by atoms with van der Waals surface area (Å²) in [6.07, 6.45) is 3.98. The summed E-state index contributed by atoms with van der Waals surface area (Å²) >= 11 is 0. The lowest BCUT2D eigenvalue weighted by Gasteiger charge is -2.02. The Morgan fingerprint density at radius 1 is 1.18 bits per heavy atom. The summed E-state index contributed by atoms with van der Waals surface area (Å²) in [7, 11) is 0. The third kappa shape index (κ3) is 3.20. The number of nitrogens with zero attached hydrogens (tertiary/aromatic N) is 1. The Morgan fingerprint density at radius 2 is 1.91 bits per heavy atom. The maximum absolute atomic E-state index is 8.39. The minimum Gasteiger partial charge on any atom is -0.394 e. The van der Waals surface area contributed by atoms with Crippen molar-refractivity contribution < 1.29 is 9.84 Å². The van der Waals surface area contributed by atoms with E-state index in [1.165, 1.54) is 0 Å². The van der Waals surface area contributed by atoms with E-state index in [1.807, 2.05) is 29.1 Å². The number of hydrogen-bond acceptors (Lipinski definition) is 2. The van der Waals surface area contributed by atoms with E-state index in [-0.39, 0.29) is 6.61 Å². The molecular formula is C8H13NO2. The maximum Gasteiger partial charge on any atom is 0.0698 e. The fourth-order valence-corrected chi connectivity index (χ4v) is 0.856. The standard InChI is InChI=1S/C8H13NO2/c10-6-8-11-7-5-9-3-1-2-4-9/h1-4,10H,5-8H2. The molecule has 1 rings (SSSR count). The molecule has 0 amide bonds. The summed E-state index contributed by atoms with van der Waals surface area (Å²) in [4.78, 5) is 0. The average Bonchev–Trinajstić information content (AvgIpc) is 2.50. The Bertz CT molecular complexity index is 172. The van der Waals surface area contributed by atoms with Crippen LogP contribution in [0.4, 0.5) is 0 Å². The normalized spacial score (nSPS) is 10.3. The van der Waals surface area contributed by atoms with E-state index in [0.717, 1.165) is 6.54 Å². The molecule has 1 heterocycles. The average molecular weight is 155 g/mol. The zero-order chi connectivity index (χ0) is 7.94. The molecule has 0 spiro atoms. The van der Waals surface area contributed by atoms with E-state index < -0.39 is 0 Å². The molecule has 3 nitrogen and oxygen atoms in total. The minimum atomic E-state index is 0.103. The van der Waals surface area contributed by atoms with Crippen LogP contribution in [0, 0.1) is 0 Å². The highest BCUT2D eigenvalue weighted by Crippen LogP contribution is 1.89. The second kappa shape index (κ2) is 4.93. The highest BCUT2D eigenvalue weighted by atomic mass is 16.5. The van der Waals surface area contributed by atoms with Crippen LogP contribution in [0.2, 0.25) is 0 Å². The smallest absolute Gasteiger partial charge is 0.0698 e. The number of aliphatic hydroxyl groups excluding tert-OH is 1. The SMILES string of the molecule is OCCOCCn1cccc1. The van der Waals surface area contributed by atoms with Gasteiger partial charge in [0.05, 0.1) is 19.8 Å². The lowest BCUT2D eigenvalue weighted by Crippen LogP contribution is -2.06. The first-order chi connectivity index (χ1) is 5.43. The summed E-state index contributed by atoms with van der Waals surface area (Å²) in [5.74, 6) is 0. The van der Waals surface area contributed by atoms with E-state index in [4.69, 9.17) is 9.84 Å². The molecule has 0 atom stereocenters. The van der Waals surface area contributed by atoms with Gasteiger partial charge in [0, 0.05) is 18.9 Å². The lowest BCUT2D eigenvalue weighted by molar-refractivity contribution is 0.0870. The fraction of sp³-hybridized carbons (Fsp3) is 0.500. The quantitative estimate of drug-likeness (QED) is 0.628. The minimum absolute atomic E-state index is 0.103. The number of rotatable bonds is 5. The first kappa shape index (κ1) is 8.30. The Hall–Kier alpha value is -0.800. The first-order valence-electron chi connectivity index (χ1n) is 3.73. The van der Waals surface area contributed by atoms with Crippen LogP contribution < -0.4 is 0 Å². The summed E-state index contributed by atoms with van der Waals surface area (Å²) in [6.45, 7) is 2.05. The van der Waals surface area contributed by atoms with Gasteiger partial charge in [-0.15, -0.1) is 0 Å². The molecular weight excluding hydrogens is 142 g/mol. The summed E-state index contributed by atoms with van der Waals surface area (Å²) in [5.41, 5.74) is 0. The van der Waals surface area contributed by atoms with E-state index in [2.05, 4.69) is 0 Å². The molecule has 0 aliphatic rings.